The van der Waals surface area contributed by atoms with Gasteiger partial charge >= 0.3 is 0 Å². The van der Waals surface area contributed by atoms with Gasteiger partial charge in [0.25, 0.3) is 0 Å². The van der Waals surface area contributed by atoms with Gasteiger partial charge in [0.2, 0.25) is 0 Å². The zero-order valence-corrected chi connectivity index (χ0v) is 13.5. The summed E-state index contributed by atoms with van der Waals surface area (Å²) in [5.74, 6) is -0.609. The number of benzene rings is 1. The summed E-state index contributed by atoms with van der Waals surface area (Å²) in [5, 5.41) is 0. The van der Waals surface area contributed by atoms with E-state index in [0.29, 0.717) is 18.7 Å². The molecule has 1 aromatic carbocycles. The van der Waals surface area contributed by atoms with Crippen LogP contribution in [0, 0.1) is 11.6 Å². The van der Waals surface area contributed by atoms with E-state index >= 15 is 0 Å². The molecule has 0 spiro atoms. The van der Waals surface area contributed by atoms with Crippen LogP contribution in [-0.2, 0) is 11.4 Å². The van der Waals surface area contributed by atoms with Crippen LogP contribution in [0.15, 0.2) is 18.2 Å². The zero-order valence-electron chi connectivity index (χ0n) is 11.9. The van der Waals surface area contributed by atoms with Crippen LogP contribution in [0.5, 0.6) is 0 Å². The molecule has 0 aromatic heterocycles. The fourth-order valence-corrected chi connectivity index (χ4v) is 2.66. The second-order valence-electron chi connectivity index (χ2n) is 5.55. The fourth-order valence-electron chi connectivity index (χ4n) is 1.65. The number of nitrogens with one attached hydrogen (secondary N) is 1. The van der Waals surface area contributed by atoms with Crippen LogP contribution in [-0.4, -0.2) is 15.2 Å². The summed E-state index contributed by atoms with van der Waals surface area (Å²) in [4.78, 5) is 0. The third kappa shape index (κ3) is 5.20. The first kappa shape index (κ1) is 17.7. The van der Waals surface area contributed by atoms with Gasteiger partial charge in [-0.3, -0.25) is 0 Å². The van der Waals surface area contributed by atoms with Gasteiger partial charge < -0.3 is 4.55 Å². The molecule has 0 aliphatic carbocycles. The van der Waals surface area contributed by atoms with Crippen molar-refractivity contribution >= 4 is 23.0 Å². The molecule has 1 N–H and O–H groups in total. The normalized spacial score (nSPS) is 15.2. The molecule has 0 saturated carbocycles. The summed E-state index contributed by atoms with van der Waals surface area (Å²) in [6, 6.07) is 2.77. The predicted octanol–water partition coefficient (Wildman–Crippen LogP) is 4.08. The molecule has 0 fully saturated rings. The van der Waals surface area contributed by atoms with E-state index in [2.05, 4.69) is 4.72 Å². The first-order valence-corrected chi connectivity index (χ1v) is 8.13. The zero-order chi connectivity index (χ0) is 15.3. The van der Waals surface area contributed by atoms with Crippen LogP contribution in [0.3, 0.4) is 0 Å². The molecule has 2 unspecified atom stereocenters. The first-order chi connectivity index (χ1) is 9.25. The van der Waals surface area contributed by atoms with Crippen molar-refractivity contribution in [2.24, 2.45) is 0 Å². The highest BCUT2D eigenvalue weighted by atomic mass is 35.5. The standard InChI is InChI=1S/C14H20ClF2NOS/c1-14(2,3)20(19)18-13(5-4-8-15)11-9-10(16)6-7-12(11)17/h6-7,9,13,18H,4-5,8H2,1-3H3. The van der Waals surface area contributed by atoms with E-state index in [1.54, 1.807) is 0 Å². The highest BCUT2D eigenvalue weighted by molar-refractivity contribution is 7.90. The van der Waals surface area contributed by atoms with Gasteiger partial charge in [-0.15, -0.1) is 16.3 Å². The van der Waals surface area contributed by atoms with Crippen LogP contribution < -0.4 is 4.72 Å². The van der Waals surface area contributed by atoms with Gasteiger partial charge in [-0.05, 0) is 51.8 Å². The lowest BCUT2D eigenvalue weighted by Crippen LogP contribution is -2.41. The van der Waals surface area contributed by atoms with Gasteiger partial charge in [-0.25, -0.2) is 8.78 Å². The van der Waals surface area contributed by atoms with E-state index in [9.17, 15) is 13.3 Å². The molecule has 0 saturated heterocycles. The lowest BCUT2D eigenvalue weighted by atomic mass is 10.0. The van der Waals surface area contributed by atoms with Crippen molar-refractivity contribution in [3.8, 4) is 0 Å². The molecule has 2 atom stereocenters. The Morgan fingerprint density at radius 2 is 2.00 bits per heavy atom. The number of rotatable bonds is 6. The Balaban J connectivity index is 2.96. The first-order valence-electron chi connectivity index (χ1n) is 6.44. The molecule has 1 rings (SSSR count). The Morgan fingerprint density at radius 3 is 2.55 bits per heavy atom. The van der Waals surface area contributed by atoms with E-state index < -0.39 is 33.8 Å². The summed E-state index contributed by atoms with van der Waals surface area (Å²) in [6.07, 6.45) is 1.11. The molecule has 0 radical (unpaired) electrons. The smallest absolute Gasteiger partial charge is 0.136 e. The van der Waals surface area contributed by atoms with E-state index in [1.807, 2.05) is 20.8 Å². The Labute approximate surface area is 127 Å². The Hall–Kier alpha value is -0.360. The molecule has 1 aromatic rings. The van der Waals surface area contributed by atoms with E-state index in [4.69, 9.17) is 11.6 Å². The largest absolute Gasteiger partial charge is 0.598 e. The fraction of sp³-hybridized carbons (Fsp3) is 0.571. The minimum atomic E-state index is -1.37. The third-order valence-electron chi connectivity index (χ3n) is 2.77. The van der Waals surface area contributed by atoms with Crippen LogP contribution >= 0.6 is 11.6 Å². The highest BCUT2D eigenvalue weighted by Gasteiger charge is 2.30. The Bertz CT molecular complexity index is 440. The lowest BCUT2D eigenvalue weighted by Gasteiger charge is -2.28. The molecule has 6 heteroatoms. The molecule has 114 valence electrons. The lowest BCUT2D eigenvalue weighted by molar-refractivity contribution is 0.490. The van der Waals surface area contributed by atoms with Crippen molar-refractivity contribution in [3.63, 3.8) is 0 Å². The van der Waals surface area contributed by atoms with Crippen molar-refractivity contribution in [2.75, 3.05) is 5.88 Å². The van der Waals surface area contributed by atoms with E-state index in [0.717, 1.165) is 18.2 Å². The summed E-state index contributed by atoms with van der Waals surface area (Å²) in [7, 11) is 0. The molecular weight excluding hydrogens is 304 g/mol. The van der Waals surface area contributed by atoms with E-state index in [1.165, 1.54) is 0 Å². The predicted molar refractivity (Wildman–Crippen MR) is 80.1 cm³/mol. The van der Waals surface area contributed by atoms with Crippen molar-refractivity contribution in [1.82, 2.24) is 4.72 Å². The summed E-state index contributed by atoms with van der Waals surface area (Å²) >= 11 is 4.29. The van der Waals surface area contributed by atoms with Crippen LogP contribution in [0.1, 0.15) is 45.2 Å². The monoisotopic (exact) mass is 323 g/mol. The maximum absolute atomic E-state index is 13.9. The molecule has 0 aliphatic rings. The van der Waals surface area contributed by atoms with Crippen molar-refractivity contribution in [1.29, 1.82) is 0 Å². The SMILES string of the molecule is CC(C)(C)[S+]([O-])NC(CCCCl)c1cc(F)ccc1F. The van der Waals surface area contributed by atoms with Crippen molar-refractivity contribution < 1.29 is 13.3 Å². The van der Waals surface area contributed by atoms with Crippen molar-refractivity contribution in [3.05, 3.63) is 35.4 Å². The Morgan fingerprint density at radius 1 is 1.35 bits per heavy atom. The second-order valence-corrected chi connectivity index (χ2v) is 7.92. The number of alkyl halides is 1. The van der Waals surface area contributed by atoms with Gasteiger partial charge in [-0.1, -0.05) is 0 Å². The molecular formula is C14H20ClF2NOS. The summed E-state index contributed by atoms with van der Waals surface area (Å²) in [5.41, 5.74) is 0.188. The average Bonchev–Trinajstić information content (AvgIpc) is 2.36. The topological polar surface area (TPSA) is 35.1 Å². The molecule has 2 nitrogen and oxygen atoms in total. The van der Waals surface area contributed by atoms with Gasteiger partial charge in [0.1, 0.15) is 16.4 Å². The van der Waals surface area contributed by atoms with Gasteiger partial charge in [0.15, 0.2) is 0 Å². The Kier molecular flexibility index (Phi) is 6.72. The molecule has 0 amide bonds. The van der Waals surface area contributed by atoms with E-state index in [-0.39, 0.29) is 5.56 Å². The van der Waals surface area contributed by atoms with Gasteiger partial charge in [0, 0.05) is 22.8 Å². The maximum Gasteiger partial charge on any atom is 0.136 e. The maximum atomic E-state index is 13.9. The van der Waals surface area contributed by atoms with Crippen LogP contribution in [0.25, 0.3) is 0 Å². The van der Waals surface area contributed by atoms with Crippen LogP contribution in [0.2, 0.25) is 0 Å². The van der Waals surface area contributed by atoms with Gasteiger partial charge in [0.05, 0.1) is 6.04 Å². The molecule has 20 heavy (non-hydrogen) atoms. The number of hydrogen-bond acceptors (Lipinski definition) is 2. The average molecular weight is 324 g/mol. The molecule has 0 bridgehead atoms. The highest BCUT2D eigenvalue weighted by Crippen LogP contribution is 2.26. The molecule has 0 heterocycles. The summed E-state index contributed by atoms with van der Waals surface area (Å²) < 4.78 is 41.7. The number of halogens is 3. The second kappa shape index (κ2) is 7.59. The third-order valence-corrected chi connectivity index (χ3v) is 4.64. The number of hydrogen-bond donors (Lipinski definition) is 1. The molecule has 0 aliphatic heterocycles. The minimum absolute atomic E-state index is 0.188. The van der Waals surface area contributed by atoms with Gasteiger partial charge in [-0.2, -0.15) is 0 Å². The van der Waals surface area contributed by atoms with Crippen LogP contribution in [0.4, 0.5) is 8.78 Å². The van der Waals surface area contributed by atoms with Crippen molar-refractivity contribution in [2.45, 2.75) is 44.4 Å². The minimum Gasteiger partial charge on any atom is -0.598 e. The summed E-state index contributed by atoms with van der Waals surface area (Å²) in [6.45, 7) is 5.45. The quantitative estimate of drug-likeness (QED) is 0.632.